The molecule has 152 valence electrons. The second kappa shape index (κ2) is 6.99. The Balaban J connectivity index is 2.82. The maximum atomic E-state index is 13.2. The van der Waals surface area contributed by atoms with Gasteiger partial charge in [0, 0.05) is 12.1 Å². The Morgan fingerprint density at radius 2 is 1.57 bits per heavy atom. The molecule has 0 saturated carbocycles. The van der Waals surface area contributed by atoms with Gasteiger partial charge in [0.15, 0.2) is 0 Å². The fraction of sp³-hybridized carbons (Fsp3) is 0.0769. The molecule has 0 atom stereocenters. The summed E-state index contributed by atoms with van der Waals surface area (Å²) in [6, 6.07) is 5.39. The zero-order valence-corrected chi connectivity index (χ0v) is 16.3. The molecule has 0 fully saturated rings. The summed E-state index contributed by atoms with van der Waals surface area (Å²) in [5, 5.41) is 11.0. The molecule has 2 rings (SSSR count). The minimum absolute atomic E-state index is 0.188. The third kappa shape index (κ3) is 4.20. The van der Waals surface area contributed by atoms with Gasteiger partial charge < -0.3 is 5.73 Å². The van der Waals surface area contributed by atoms with Crippen LogP contribution in [-0.2, 0) is 30.3 Å². The van der Waals surface area contributed by atoms with Gasteiger partial charge in [-0.2, -0.15) is 12.1 Å². The van der Waals surface area contributed by atoms with Crippen LogP contribution in [0.4, 0.5) is 20.9 Å². The van der Waals surface area contributed by atoms with Crippen molar-refractivity contribution in [3.05, 3.63) is 52.6 Å². The predicted octanol–water partition coefficient (Wildman–Crippen LogP) is 0.990. The highest BCUT2D eigenvalue weighted by molar-refractivity contribution is 8.10. The zero-order valence-electron chi connectivity index (χ0n) is 13.9. The lowest BCUT2D eigenvalue weighted by atomic mass is 10.2. The molecule has 0 bridgehead atoms. The van der Waals surface area contributed by atoms with E-state index < -0.39 is 62.0 Å². The number of hydrogen-bond acceptors (Lipinski definition) is 9. The van der Waals surface area contributed by atoms with Gasteiger partial charge in [-0.25, -0.2) is 16.8 Å². The van der Waals surface area contributed by atoms with Gasteiger partial charge in [-0.05, 0) is 24.3 Å². The maximum absolute atomic E-state index is 13.2. The van der Waals surface area contributed by atoms with E-state index in [2.05, 4.69) is 0 Å². The summed E-state index contributed by atoms with van der Waals surface area (Å²) in [6.07, 6.45) is 0.499. The van der Waals surface area contributed by atoms with Crippen LogP contribution in [0.15, 0.2) is 52.3 Å². The van der Waals surface area contributed by atoms with Crippen molar-refractivity contribution in [2.24, 2.45) is 0 Å². The first-order chi connectivity index (χ1) is 12.7. The molecule has 0 spiro atoms. The van der Waals surface area contributed by atoms with E-state index in [-0.39, 0.29) is 3.71 Å². The number of nitro benzene ring substituents is 1. The molecule has 0 heterocycles. The molecule has 0 radical (unpaired) electrons. The normalized spacial score (nSPS) is 12.5. The predicted molar refractivity (Wildman–Crippen MR) is 96.8 cm³/mol. The van der Waals surface area contributed by atoms with Gasteiger partial charge in [0.25, 0.3) is 15.7 Å². The van der Waals surface area contributed by atoms with Crippen LogP contribution >= 0.6 is 0 Å². The van der Waals surface area contributed by atoms with Crippen molar-refractivity contribution in [2.45, 2.75) is 9.79 Å². The molecule has 0 aliphatic heterocycles. The van der Waals surface area contributed by atoms with Crippen molar-refractivity contribution in [2.75, 3.05) is 15.7 Å². The summed E-state index contributed by atoms with van der Waals surface area (Å²) in [5.74, 6) is 0. The van der Waals surface area contributed by atoms with Crippen LogP contribution < -0.4 is 9.44 Å². The van der Waals surface area contributed by atoms with E-state index in [1.54, 1.807) is 0 Å². The highest BCUT2D eigenvalue weighted by Gasteiger charge is 2.35. The van der Waals surface area contributed by atoms with Crippen LogP contribution in [0.25, 0.3) is 0 Å². The first-order valence-electron chi connectivity index (χ1n) is 7.00. The Bertz CT molecular complexity index is 1270. The first-order valence-corrected chi connectivity index (χ1v) is 11.7. The fourth-order valence-corrected chi connectivity index (χ4v) is 6.09. The molecule has 0 aliphatic carbocycles. The number of benzene rings is 2. The van der Waals surface area contributed by atoms with E-state index in [0.717, 1.165) is 30.3 Å². The van der Waals surface area contributed by atoms with E-state index in [1.807, 2.05) is 0 Å². The number of nitro groups is 1. The minimum atomic E-state index is -5.28. The van der Waals surface area contributed by atoms with Gasteiger partial charge in [0.1, 0.15) is 0 Å². The first kappa shape index (κ1) is 21.5. The minimum Gasteiger partial charge on any atom is -0.397 e. The monoisotopic (exact) mass is 453 g/mol. The van der Waals surface area contributed by atoms with Crippen LogP contribution in [0.2, 0.25) is 0 Å². The summed E-state index contributed by atoms with van der Waals surface area (Å²) in [5.41, 5.74) is 3.80. The van der Waals surface area contributed by atoms with Gasteiger partial charge in [-0.3, -0.25) is 10.1 Å². The summed E-state index contributed by atoms with van der Waals surface area (Å²) >= 11 is 0. The Morgan fingerprint density at radius 3 is 2.07 bits per heavy atom. The van der Waals surface area contributed by atoms with E-state index >= 15 is 0 Å². The van der Waals surface area contributed by atoms with Gasteiger partial charge in [-0.15, -0.1) is 3.89 Å². The summed E-state index contributed by atoms with van der Waals surface area (Å²) in [4.78, 5) is 8.15. The van der Waals surface area contributed by atoms with E-state index in [4.69, 9.17) is 5.73 Å². The molecular formula is C13H12FN3O8S3. The molecule has 15 heteroatoms. The van der Waals surface area contributed by atoms with Crippen LogP contribution in [0.5, 0.6) is 0 Å². The van der Waals surface area contributed by atoms with Crippen molar-refractivity contribution >= 4 is 47.3 Å². The van der Waals surface area contributed by atoms with Gasteiger partial charge in [0.05, 0.1) is 32.3 Å². The highest BCUT2D eigenvalue weighted by Crippen LogP contribution is 2.34. The van der Waals surface area contributed by atoms with Gasteiger partial charge >= 0.3 is 10.2 Å². The van der Waals surface area contributed by atoms with E-state index in [9.17, 15) is 39.3 Å². The lowest BCUT2D eigenvalue weighted by Crippen LogP contribution is -2.36. The SMILES string of the molecule is CS(=O)(=O)N(c1cc([N+](=O)[O-])ccc1N)S(=O)(=O)c1cccc(S(=O)(=O)F)c1. The van der Waals surface area contributed by atoms with Crippen molar-refractivity contribution in [1.82, 2.24) is 0 Å². The third-order valence-electron chi connectivity index (χ3n) is 3.33. The number of nitrogens with zero attached hydrogens (tertiary/aromatic N) is 2. The summed E-state index contributed by atoms with van der Waals surface area (Å²) in [7, 11) is -15.0. The number of sulfonamides is 2. The van der Waals surface area contributed by atoms with Crippen LogP contribution in [-0.4, -0.2) is 36.4 Å². The molecule has 0 saturated heterocycles. The molecule has 2 N–H and O–H groups in total. The smallest absolute Gasteiger partial charge is 0.332 e. The number of halogens is 1. The highest BCUT2D eigenvalue weighted by atomic mass is 32.3. The average molecular weight is 453 g/mol. The summed E-state index contributed by atoms with van der Waals surface area (Å²) in [6.45, 7) is 0. The molecule has 0 aliphatic rings. The Morgan fingerprint density at radius 1 is 1.00 bits per heavy atom. The molecule has 11 nitrogen and oxygen atoms in total. The molecule has 0 unspecified atom stereocenters. The number of rotatable bonds is 6. The Hall–Kier alpha value is -2.78. The number of nitrogen functional groups attached to an aromatic ring is 1. The molecule has 0 aromatic heterocycles. The molecule has 2 aromatic carbocycles. The van der Waals surface area contributed by atoms with Crippen molar-refractivity contribution in [1.29, 1.82) is 0 Å². The third-order valence-corrected chi connectivity index (χ3v) is 7.83. The fourth-order valence-electron chi connectivity index (χ4n) is 2.17. The average Bonchev–Trinajstić information content (AvgIpc) is 2.54. The lowest BCUT2D eigenvalue weighted by Gasteiger charge is -2.23. The maximum Gasteiger partial charge on any atom is 0.332 e. The van der Waals surface area contributed by atoms with E-state index in [0.29, 0.717) is 18.4 Å². The standard InChI is InChI=1S/C13H12FN3O8S3/c1-26(20,21)17(13-7-9(16(18)19)5-6-12(13)15)28(24,25)11-4-2-3-10(8-11)27(14,22)23/h2-8H,15H2,1H3. The van der Waals surface area contributed by atoms with Crippen LogP contribution in [0, 0.1) is 10.1 Å². The van der Waals surface area contributed by atoms with Crippen molar-refractivity contribution in [3.63, 3.8) is 0 Å². The number of nitrogens with two attached hydrogens (primary N) is 1. The summed E-state index contributed by atoms with van der Waals surface area (Å²) < 4.78 is 85.3. The van der Waals surface area contributed by atoms with Crippen molar-refractivity contribution in [3.8, 4) is 0 Å². The quantitative estimate of drug-likeness (QED) is 0.289. The molecule has 28 heavy (non-hydrogen) atoms. The molecule has 2 aromatic rings. The number of hydrogen-bond donors (Lipinski definition) is 1. The Kier molecular flexibility index (Phi) is 5.37. The zero-order chi connectivity index (χ0) is 21.5. The Labute approximate surface area is 159 Å². The molecule has 0 amide bonds. The topological polar surface area (TPSA) is 175 Å². The second-order valence-corrected chi connectivity index (χ2v) is 10.6. The second-order valence-electron chi connectivity index (χ2n) is 5.38. The van der Waals surface area contributed by atoms with Crippen molar-refractivity contribution < 1.29 is 34.1 Å². The molecular weight excluding hydrogens is 441 g/mol. The largest absolute Gasteiger partial charge is 0.397 e. The van der Waals surface area contributed by atoms with Crippen LogP contribution in [0.3, 0.4) is 0 Å². The van der Waals surface area contributed by atoms with Gasteiger partial charge in [0.2, 0.25) is 10.0 Å². The number of anilines is 2. The van der Waals surface area contributed by atoms with Gasteiger partial charge in [-0.1, -0.05) is 6.07 Å². The van der Waals surface area contributed by atoms with E-state index in [1.165, 1.54) is 0 Å². The number of non-ortho nitro benzene ring substituents is 1. The van der Waals surface area contributed by atoms with Crippen LogP contribution in [0.1, 0.15) is 0 Å². The lowest BCUT2D eigenvalue weighted by molar-refractivity contribution is -0.384.